The van der Waals surface area contributed by atoms with Gasteiger partial charge in [0.15, 0.2) is 5.82 Å². The fourth-order valence-corrected chi connectivity index (χ4v) is 1.57. The lowest BCUT2D eigenvalue weighted by atomic mass is 10.3. The number of imidazole rings is 1. The van der Waals surface area contributed by atoms with Gasteiger partial charge in [-0.15, -0.1) is 0 Å². The van der Waals surface area contributed by atoms with Crippen LogP contribution in [0.3, 0.4) is 0 Å². The highest BCUT2D eigenvalue weighted by Crippen LogP contribution is 2.14. The van der Waals surface area contributed by atoms with Crippen LogP contribution in [0.1, 0.15) is 10.6 Å². The van der Waals surface area contributed by atoms with Gasteiger partial charge < -0.3 is 9.88 Å². The minimum Gasteiger partial charge on any atom is -0.330 e. The van der Waals surface area contributed by atoms with E-state index in [1.807, 2.05) is 24.3 Å². The van der Waals surface area contributed by atoms with E-state index in [1.165, 1.54) is 0 Å². The molecule has 0 spiro atoms. The van der Waals surface area contributed by atoms with Crippen molar-refractivity contribution in [3.63, 3.8) is 0 Å². The first-order valence-corrected chi connectivity index (χ1v) is 5.50. The van der Waals surface area contributed by atoms with Crippen LogP contribution < -0.4 is 5.32 Å². The molecule has 0 aliphatic heterocycles. The van der Waals surface area contributed by atoms with Crippen LogP contribution >= 0.6 is 15.9 Å². The average molecular weight is 280 g/mol. The molecule has 0 radical (unpaired) electrons. The van der Waals surface area contributed by atoms with E-state index in [0.717, 1.165) is 10.2 Å². The molecule has 0 unspecified atom stereocenters. The number of hydrogen-bond acceptors (Lipinski definition) is 2. The lowest BCUT2D eigenvalue weighted by molar-refractivity contribution is 0.101. The van der Waals surface area contributed by atoms with Gasteiger partial charge in [0.25, 0.3) is 5.91 Å². The number of anilines is 1. The van der Waals surface area contributed by atoms with Crippen LogP contribution in [0.5, 0.6) is 0 Å². The maximum atomic E-state index is 11.8. The molecular weight excluding hydrogens is 270 g/mol. The summed E-state index contributed by atoms with van der Waals surface area (Å²) in [5.74, 6) is 0.178. The van der Waals surface area contributed by atoms with E-state index < -0.39 is 0 Å². The number of rotatable bonds is 2. The van der Waals surface area contributed by atoms with Crippen LogP contribution in [0, 0.1) is 0 Å². The molecule has 0 bridgehead atoms. The Hall–Kier alpha value is -1.62. The summed E-state index contributed by atoms with van der Waals surface area (Å²) in [7, 11) is 1.78. The van der Waals surface area contributed by atoms with Crippen LogP contribution in [0.4, 0.5) is 5.69 Å². The van der Waals surface area contributed by atoms with E-state index in [2.05, 4.69) is 26.2 Å². The number of nitrogens with zero attached hydrogens (tertiary/aromatic N) is 2. The maximum absolute atomic E-state index is 11.8. The smallest absolute Gasteiger partial charge is 0.291 e. The Labute approximate surface area is 101 Å². The number of hydrogen-bond donors (Lipinski definition) is 1. The summed E-state index contributed by atoms with van der Waals surface area (Å²) in [4.78, 5) is 15.7. The summed E-state index contributed by atoms with van der Waals surface area (Å²) in [5, 5.41) is 2.77. The molecule has 4 nitrogen and oxygen atoms in total. The Morgan fingerprint density at radius 1 is 1.38 bits per heavy atom. The molecule has 2 rings (SSSR count). The van der Waals surface area contributed by atoms with Gasteiger partial charge >= 0.3 is 0 Å². The van der Waals surface area contributed by atoms with Gasteiger partial charge in [0.05, 0.1) is 0 Å². The van der Waals surface area contributed by atoms with Gasteiger partial charge in [-0.05, 0) is 24.3 Å². The van der Waals surface area contributed by atoms with Crippen molar-refractivity contribution >= 4 is 27.5 Å². The number of amides is 1. The van der Waals surface area contributed by atoms with Crippen molar-refractivity contribution in [2.45, 2.75) is 0 Å². The molecule has 0 aliphatic carbocycles. The van der Waals surface area contributed by atoms with Gasteiger partial charge in [-0.25, -0.2) is 4.98 Å². The van der Waals surface area contributed by atoms with Crippen molar-refractivity contribution in [1.29, 1.82) is 0 Å². The number of carbonyl (C=O) groups is 1. The quantitative estimate of drug-likeness (QED) is 0.918. The van der Waals surface area contributed by atoms with Crippen LogP contribution in [0.15, 0.2) is 41.1 Å². The fraction of sp³-hybridized carbons (Fsp3) is 0.0909. The highest BCUT2D eigenvalue weighted by Gasteiger charge is 2.10. The predicted molar refractivity (Wildman–Crippen MR) is 65.3 cm³/mol. The highest BCUT2D eigenvalue weighted by atomic mass is 79.9. The normalized spacial score (nSPS) is 10.1. The molecule has 82 valence electrons. The molecule has 16 heavy (non-hydrogen) atoms. The minimum absolute atomic E-state index is 0.213. The molecule has 0 aliphatic rings. The molecule has 0 atom stereocenters. The molecule has 1 amide bonds. The van der Waals surface area contributed by atoms with Gasteiger partial charge in [0, 0.05) is 29.6 Å². The Kier molecular flexibility index (Phi) is 3.05. The van der Waals surface area contributed by atoms with Crippen LogP contribution in [-0.2, 0) is 7.05 Å². The molecule has 1 N–H and O–H groups in total. The number of nitrogens with one attached hydrogen (secondary N) is 1. The molecule has 5 heteroatoms. The largest absolute Gasteiger partial charge is 0.330 e. The molecular formula is C11H10BrN3O. The number of halogens is 1. The topological polar surface area (TPSA) is 46.9 Å². The van der Waals surface area contributed by atoms with Crippen molar-refractivity contribution in [1.82, 2.24) is 9.55 Å². The van der Waals surface area contributed by atoms with Gasteiger partial charge in [0.2, 0.25) is 0 Å². The van der Waals surface area contributed by atoms with E-state index in [9.17, 15) is 4.79 Å². The first kappa shape index (κ1) is 10.9. The summed E-state index contributed by atoms with van der Waals surface area (Å²) in [5.41, 5.74) is 0.746. The van der Waals surface area contributed by atoms with Gasteiger partial charge in [-0.1, -0.05) is 15.9 Å². The molecule has 1 aromatic carbocycles. The van der Waals surface area contributed by atoms with Crippen molar-refractivity contribution in [3.8, 4) is 0 Å². The van der Waals surface area contributed by atoms with Crippen LogP contribution in [-0.4, -0.2) is 15.5 Å². The third-order valence-electron chi connectivity index (χ3n) is 2.13. The fourth-order valence-electron chi connectivity index (χ4n) is 1.30. The van der Waals surface area contributed by atoms with E-state index in [4.69, 9.17) is 0 Å². The number of benzene rings is 1. The number of aryl methyl sites for hydroxylation is 1. The van der Waals surface area contributed by atoms with Gasteiger partial charge in [-0.3, -0.25) is 4.79 Å². The Morgan fingerprint density at radius 2 is 2.06 bits per heavy atom. The standard InChI is InChI=1S/C11H10BrN3O/c1-15-7-6-13-10(15)11(16)14-9-4-2-8(12)3-5-9/h2-7H,1H3,(H,14,16). The van der Waals surface area contributed by atoms with E-state index in [0.29, 0.717) is 5.82 Å². The number of carbonyl (C=O) groups excluding carboxylic acids is 1. The molecule has 0 fully saturated rings. The molecule has 1 aromatic heterocycles. The molecule has 2 aromatic rings. The molecule has 1 heterocycles. The lowest BCUT2D eigenvalue weighted by Crippen LogP contribution is -2.16. The van der Waals surface area contributed by atoms with E-state index in [-0.39, 0.29) is 5.91 Å². The second kappa shape index (κ2) is 4.49. The van der Waals surface area contributed by atoms with E-state index >= 15 is 0 Å². The Morgan fingerprint density at radius 3 is 2.62 bits per heavy atom. The number of aromatic nitrogens is 2. The highest BCUT2D eigenvalue weighted by molar-refractivity contribution is 9.10. The Balaban J connectivity index is 2.14. The SMILES string of the molecule is Cn1ccnc1C(=O)Nc1ccc(Br)cc1. The third-order valence-corrected chi connectivity index (χ3v) is 2.66. The van der Waals surface area contributed by atoms with Crippen molar-refractivity contribution in [2.24, 2.45) is 7.05 Å². The van der Waals surface area contributed by atoms with Gasteiger partial charge in [-0.2, -0.15) is 0 Å². The van der Waals surface area contributed by atoms with Gasteiger partial charge in [0.1, 0.15) is 0 Å². The zero-order chi connectivity index (χ0) is 11.5. The first-order valence-electron chi connectivity index (χ1n) is 4.71. The summed E-state index contributed by atoms with van der Waals surface area (Å²) < 4.78 is 2.65. The maximum Gasteiger partial charge on any atom is 0.291 e. The van der Waals surface area contributed by atoms with Crippen molar-refractivity contribution in [3.05, 3.63) is 47.0 Å². The minimum atomic E-state index is -0.213. The van der Waals surface area contributed by atoms with Crippen molar-refractivity contribution < 1.29 is 4.79 Å². The third kappa shape index (κ3) is 2.30. The summed E-state index contributed by atoms with van der Waals surface area (Å²) in [6.45, 7) is 0. The molecule has 0 saturated carbocycles. The predicted octanol–water partition coefficient (Wildman–Crippen LogP) is 2.43. The zero-order valence-corrected chi connectivity index (χ0v) is 10.2. The lowest BCUT2D eigenvalue weighted by Gasteiger charge is -2.04. The van der Waals surface area contributed by atoms with E-state index in [1.54, 1.807) is 24.0 Å². The second-order valence-corrected chi connectivity index (χ2v) is 4.24. The second-order valence-electron chi connectivity index (χ2n) is 3.32. The zero-order valence-electron chi connectivity index (χ0n) is 8.64. The summed E-state index contributed by atoms with van der Waals surface area (Å²) >= 11 is 3.33. The summed E-state index contributed by atoms with van der Waals surface area (Å²) in [6, 6.07) is 7.39. The Bertz CT molecular complexity index is 504. The van der Waals surface area contributed by atoms with Crippen LogP contribution in [0.25, 0.3) is 0 Å². The first-order chi connectivity index (χ1) is 7.66. The molecule has 0 saturated heterocycles. The summed E-state index contributed by atoms with van der Waals surface area (Å²) in [6.07, 6.45) is 3.33. The van der Waals surface area contributed by atoms with Crippen LogP contribution in [0.2, 0.25) is 0 Å². The van der Waals surface area contributed by atoms with Crippen molar-refractivity contribution in [2.75, 3.05) is 5.32 Å². The monoisotopic (exact) mass is 279 g/mol. The average Bonchev–Trinajstić information content (AvgIpc) is 2.68.